The van der Waals surface area contributed by atoms with Gasteiger partial charge in [-0.25, -0.2) is 0 Å². The van der Waals surface area contributed by atoms with Gasteiger partial charge in [0.1, 0.15) is 5.75 Å². The molecule has 0 fully saturated rings. The number of hydrogen-bond acceptors (Lipinski definition) is 7. The third-order valence-electron chi connectivity index (χ3n) is 1.53. The van der Waals surface area contributed by atoms with E-state index < -0.39 is 10.1 Å². The summed E-state index contributed by atoms with van der Waals surface area (Å²) in [7, 11) is -3.53. The van der Waals surface area contributed by atoms with Gasteiger partial charge >= 0.3 is 39.7 Å². The maximum absolute atomic E-state index is 11.3. The van der Waals surface area contributed by atoms with Gasteiger partial charge in [-0.15, -0.1) is 0 Å². The van der Waals surface area contributed by atoms with Gasteiger partial charge < -0.3 is 9.44 Å². The summed E-state index contributed by atoms with van der Waals surface area (Å²) < 4.78 is 32.1. The van der Waals surface area contributed by atoms with Crippen molar-refractivity contribution in [2.75, 3.05) is 10.2 Å². The van der Waals surface area contributed by atoms with Crippen LogP contribution in [0.2, 0.25) is 0 Å². The van der Waals surface area contributed by atoms with E-state index in [0.29, 0.717) is 21.4 Å². The molecule has 0 N–H and O–H groups in total. The molecule has 6 nitrogen and oxygen atoms in total. The molecule has 0 spiro atoms. The van der Waals surface area contributed by atoms with Crippen molar-refractivity contribution in [1.82, 2.24) is 0 Å². The summed E-state index contributed by atoms with van der Waals surface area (Å²) in [6.45, 7) is 0. The van der Waals surface area contributed by atoms with E-state index in [2.05, 4.69) is 9.37 Å². The standard InChI is InChI=1S/C8H9IO6S2.Na/c9-5-6-17(11,12)13-7-1-3-8(4-2-7)16-15-14-10;/h1-4,10H,5-6H2;/q;+1/p-1. The van der Waals surface area contributed by atoms with Crippen molar-refractivity contribution in [3.05, 3.63) is 24.3 Å². The Morgan fingerprint density at radius 2 is 1.89 bits per heavy atom. The number of hydrogen-bond donors (Lipinski definition) is 0. The molecule has 96 valence electrons. The fourth-order valence-electron chi connectivity index (χ4n) is 0.887. The van der Waals surface area contributed by atoms with Gasteiger partial charge in [-0.3, -0.25) is 5.04 Å². The van der Waals surface area contributed by atoms with Gasteiger partial charge in [0.2, 0.25) is 0 Å². The maximum atomic E-state index is 11.3. The predicted octanol–water partition coefficient (Wildman–Crippen LogP) is -1.94. The average molecular weight is 414 g/mol. The van der Waals surface area contributed by atoms with E-state index in [-0.39, 0.29) is 41.1 Å². The molecule has 0 atom stereocenters. The largest absolute Gasteiger partial charge is 1.00 e. The van der Waals surface area contributed by atoms with Crippen LogP contribution < -0.4 is 39.0 Å². The van der Waals surface area contributed by atoms with Gasteiger partial charge in [0, 0.05) is 9.32 Å². The zero-order valence-corrected chi connectivity index (χ0v) is 15.2. The van der Waals surface area contributed by atoms with E-state index in [4.69, 9.17) is 4.18 Å². The van der Waals surface area contributed by atoms with Crippen LogP contribution >= 0.6 is 34.6 Å². The SMILES string of the molecule is O=S(=O)(CCI)Oc1ccc(SOO[O-])cc1.[Na+]. The van der Waals surface area contributed by atoms with Crippen molar-refractivity contribution in [2.24, 2.45) is 0 Å². The van der Waals surface area contributed by atoms with Crippen LogP contribution in [0.15, 0.2) is 29.2 Å². The van der Waals surface area contributed by atoms with E-state index in [1.165, 1.54) is 12.1 Å². The number of alkyl halides is 1. The average Bonchev–Trinajstić information content (AvgIpc) is 2.27. The second-order valence-electron chi connectivity index (χ2n) is 2.72. The maximum Gasteiger partial charge on any atom is 1.00 e. The Kier molecular flexibility index (Phi) is 10.3. The summed E-state index contributed by atoms with van der Waals surface area (Å²) in [5.41, 5.74) is 0. The fourth-order valence-corrected chi connectivity index (χ4v) is 3.54. The van der Waals surface area contributed by atoms with Crippen molar-refractivity contribution < 1.29 is 56.8 Å². The topological polar surface area (TPSA) is 84.9 Å². The first-order chi connectivity index (χ1) is 8.07. The Balaban J connectivity index is 0.00000289. The van der Waals surface area contributed by atoms with Crippen molar-refractivity contribution in [1.29, 1.82) is 0 Å². The quantitative estimate of drug-likeness (QED) is 0.0977. The van der Waals surface area contributed by atoms with Crippen LogP contribution in [0.4, 0.5) is 0 Å². The molecule has 0 saturated carbocycles. The molecule has 1 aromatic rings. The minimum Gasteiger partial charge on any atom is -0.691 e. The monoisotopic (exact) mass is 414 g/mol. The van der Waals surface area contributed by atoms with E-state index >= 15 is 0 Å². The van der Waals surface area contributed by atoms with Crippen molar-refractivity contribution in [2.45, 2.75) is 4.90 Å². The molecular formula is C8H8INaO6S2. The van der Waals surface area contributed by atoms with Crippen molar-refractivity contribution >= 4 is 44.8 Å². The normalized spacial score (nSPS) is 10.8. The Morgan fingerprint density at radius 3 is 2.39 bits per heavy atom. The van der Waals surface area contributed by atoms with E-state index in [1.807, 2.05) is 22.6 Å². The Hall–Kier alpha value is 0.930. The van der Waals surface area contributed by atoms with Gasteiger partial charge in [-0.1, -0.05) is 22.6 Å². The zero-order chi connectivity index (χ0) is 12.7. The second kappa shape index (κ2) is 9.77. The molecule has 0 heterocycles. The first kappa shape index (κ1) is 18.9. The van der Waals surface area contributed by atoms with Crippen LogP contribution in [0, 0.1) is 0 Å². The second-order valence-corrected chi connectivity index (χ2v) is 6.27. The zero-order valence-electron chi connectivity index (χ0n) is 9.37. The Morgan fingerprint density at radius 1 is 1.28 bits per heavy atom. The number of rotatable bonds is 7. The summed E-state index contributed by atoms with van der Waals surface area (Å²) in [4.78, 5) is 0.583. The van der Waals surface area contributed by atoms with Crippen molar-refractivity contribution in [3.8, 4) is 5.75 Å². The molecule has 0 amide bonds. The van der Waals surface area contributed by atoms with E-state index in [9.17, 15) is 13.7 Å². The van der Waals surface area contributed by atoms with Crippen LogP contribution in [0.5, 0.6) is 5.75 Å². The van der Waals surface area contributed by atoms with E-state index in [1.54, 1.807) is 12.1 Å². The van der Waals surface area contributed by atoms with E-state index in [0.717, 1.165) is 0 Å². The number of halogens is 1. The van der Waals surface area contributed by atoms with Crippen LogP contribution in [-0.2, 0) is 19.5 Å². The van der Waals surface area contributed by atoms with Gasteiger partial charge in [0.05, 0.1) is 17.8 Å². The third kappa shape index (κ3) is 7.50. The molecule has 0 radical (unpaired) electrons. The van der Waals surface area contributed by atoms with Gasteiger partial charge in [-0.2, -0.15) is 12.8 Å². The van der Waals surface area contributed by atoms with Gasteiger partial charge in [0.25, 0.3) is 0 Å². The summed E-state index contributed by atoms with van der Waals surface area (Å²) >= 11 is 2.67. The smallest absolute Gasteiger partial charge is 0.691 e. The summed E-state index contributed by atoms with van der Waals surface area (Å²) in [6.07, 6.45) is 0. The Labute approximate surface area is 145 Å². The van der Waals surface area contributed by atoms with Gasteiger partial charge in [0.15, 0.2) is 0 Å². The first-order valence-electron chi connectivity index (χ1n) is 4.29. The molecule has 0 aliphatic rings. The molecule has 1 rings (SSSR count). The molecule has 0 unspecified atom stereocenters. The molecule has 0 aromatic heterocycles. The molecule has 1 aromatic carbocycles. The molecule has 18 heavy (non-hydrogen) atoms. The minimum absolute atomic E-state index is 0. The summed E-state index contributed by atoms with van der Waals surface area (Å²) in [6, 6.07) is 6.00. The molecule has 10 heteroatoms. The molecular weight excluding hydrogens is 406 g/mol. The van der Waals surface area contributed by atoms with Crippen LogP contribution in [0.25, 0.3) is 0 Å². The predicted molar refractivity (Wildman–Crippen MR) is 67.8 cm³/mol. The third-order valence-corrected chi connectivity index (χ3v) is 4.54. The number of benzene rings is 1. The van der Waals surface area contributed by atoms with Crippen LogP contribution in [0.3, 0.4) is 0 Å². The fraction of sp³-hybridized carbons (Fsp3) is 0.250. The Bertz CT molecular complexity index is 437. The molecule has 0 aliphatic heterocycles. The summed E-state index contributed by atoms with van der Waals surface area (Å²) in [5.74, 6) is 0.166. The molecule has 0 bridgehead atoms. The molecule has 0 aliphatic carbocycles. The van der Waals surface area contributed by atoms with Crippen molar-refractivity contribution in [3.63, 3.8) is 0 Å². The molecule has 0 saturated heterocycles. The first-order valence-corrected chi connectivity index (χ1v) is 8.13. The van der Waals surface area contributed by atoms with Crippen LogP contribution in [0.1, 0.15) is 0 Å². The van der Waals surface area contributed by atoms with Gasteiger partial charge in [-0.05, 0) is 24.3 Å². The minimum atomic E-state index is -3.53. The van der Waals surface area contributed by atoms with Crippen LogP contribution in [-0.4, -0.2) is 18.6 Å². The summed E-state index contributed by atoms with van der Waals surface area (Å²) in [5, 5.41) is 12.8.